The van der Waals surface area contributed by atoms with Crippen molar-refractivity contribution >= 4 is 32.7 Å². The molecule has 1 amide bonds. The first-order chi connectivity index (χ1) is 13.2. The summed E-state index contributed by atoms with van der Waals surface area (Å²) in [6.07, 6.45) is 4.57. The van der Waals surface area contributed by atoms with Crippen LogP contribution in [0, 0.1) is 5.92 Å². The largest absolute Gasteiger partial charge is 0.352 e. The Kier molecular flexibility index (Phi) is 5.34. The van der Waals surface area contributed by atoms with Crippen molar-refractivity contribution in [3.8, 4) is 0 Å². The normalized spacial score (nSPS) is 15.2. The lowest BCUT2D eigenvalue weighted by atomic mass is 9.96. The Balaban J connectivity index is 1.29. The molecule has 1 saturated heterocycles. The van der Waals surface area contributed by atoms with E-state index in [9.17, 15) is 4.79 Å². The van der Waals surface area contributed by atoms with Gasteiger partial charge in [-0.15, -0.1) is 0 Å². The number of piperidine rings is 1. The number of hydrogen-bond acceptors (Lipinski definition) is 5. The van der Waals surface area contributed by atoms with Crippen molar-refractivity contribution in [3.63, 3.8) is 0 Å². The molecule has 1 aromatic carbocycles. The number of nitrogens with zero attached hydrogens (tertiary/aromatic N) is 3. The molecule has 0 aliphatic carbocycles. The van der Waals surface area contributed by atoms with Gasteiger partial charge in [0, 0.05) is 31.7 Å². The van der Waals surface area contributed by atoms with Gasteiger partial charge in [-0.3, -0.25) is 4.79 Å². The monoisotopic (exact) mass is 380 g/mol. The molecule has 1 aliphatic heterocycles. The summed E-state index contributed by atoms with van der Waals surface area (Å²) in [5.74, 6) is 0.254. The van der Waals surface area contributed by atoms with Crippen molar-refractivity contribution in [2.45, 2.75) is 32.7 Å². The Morgan fingerprint density at radius 3 is 2.63 bits per heavy atom. The van der Waals surface area contributed by atoms with Gasteiger partial charge in [0.1, 0.15) is 10.3 Å². The fraction of sp³-hybridized carbons (Fsp3) is 0.381. The number of fused-ring (bicyclic) bond motifs is 1. The molecule has 0 spiro atoms. The number of anilines is 1. The molecule has 2 aromatic heterocycles. The standard InChI is InChI=1S/C21H24N4OS/c1-2-15-5-7-16(8-6-15)14-23-19(26)17-9-12-25(13-10-17)21-24-18-4-3-11-22-20(18)27-21/h3-8,11,17H,2,9-10,12-14H2,1H3,(H,23,26). The molecule has 3 heterocycles. The summed E-state index contributed by atoms with van der Waals surface area (Å²) >= 11 is 1.63. The highest BCUT2D eigenvalue weighted by molar-refractivity contribution is 7.21. The van der Waals surface area contributed by atoms with E-state index < -0.39 is 0 Å². The third-order valence-corrected chi connectivity index (χ3v) is 6.23. The highest BCUT2D eigenvalue weighted by Crippen LogP contribution is 2.30. The highest BCUT2D eigenvalue weighted by atomic mass is 32.1. The number of thiazole rings is 1. The third-order valence-electron chi connectivity index (χ3n) is 5.19. The van der Waals surface area contributed by atoms with E-state index in [2.05, 4.69) is 51.4 Å². The van der Waals surface area contributed by atoms with Crippen LogP contribution in [0.15, 0.2) is 42.6 Å². The first kappa shape index (κ1) is 17.9. The summed E-state index contributed by atoms with van der Waals surface area (Å²) in [6.45, 7) is 4.48. The molecular weight excluding hydrogens is 356 g/mol. The average molecular weight is 381 g/mol. The number of aryl methyl sites for hydroxylation is 1. The van der Waals surface area contributed by atoms with Crippen LogP contribution in [0.4, 0.5) is 5.13 Å². The van der Waals surface area contributed by atoms with E-state index in [1.54, 1.807) is 17.5 Å². The molecule has 0 unspecified atom stereocenters. The quantitative estimate of drug-likeness (QED) is 0.732. The Labute approximate surface area is 163 Å². The maximum atomic E-state index is 12.5. The molecule has 0 saturated carbocycles. The molecule has 6 heteroatoms. The fourth-order valence-electron chi connectivity index (χ4n) is 3.45. The predicted octanol–water partition coefficient (Wildman–Crippen LogP) is 3.79. The number of carbonyl (C=O) groups excluding carboxylic acids is 1. The summed E-state index contributed by atoms with van der Waals surface area (Å²) in [5, 5.41) is 4.11. The molecule has 1 N–H and O–H groups in total. The molecule has 4 rings (SSSR count). The van der Waals surface area contributed by atoms with Crippen LogP contribution in [0.3, 0.4) is 0 Å². The minimum Gasteiger partial charge on any atom is -0.352 e. The summed E-state index contributed by atoms with van der Waals surface area (Å²) in [4.78, 5) is 24.8. The number of rotatable bonds is 5. The number of benzene rings is 1. The number of amides is 1. The first-order valence-electron chi connectivity index (χ1n) is 9.55. The smallest absolute Gasteiger partial charge is 0.223 e. The van der Waals surface area contributed by atoms with Crippen LogP contribution in [-0.2, 0) is 17.8 Å². The van der Waals surface area contributed by atoms with Crippen LogP contribution >= 0.6 is 11.3 Å². The van der Waals surface area contributed by atoms with E-state index >= 15 is 0 Å². The van der Waals surface area contributed by atoms with Crippen LogP contribution in [0.25, 0.3) is 10.3 Å². The van der Waals surface area contributed by atoms with E-state index in [1.165, 1.54) is 5.56 Å². The van der Waals surface area contributed by atoms with Crippen LogP contribution < -0.4 is 10.2 Å². The zero-order valence-electron chi connectivity index (χ0n) is 15.5. The zero-order chi connectivity index (χ0) is 18.6. The predicted molar refractivity (Wildman–Crippen MR) is 110 cm³/mol. The Morgan fingerprint density at radius 1 is 1.19 bits per heavy atom. The van der Waals surface area contributed by atoms with Crippen LogP contribution in [0.2, 0.25) is 0 Å². The van der Waals surface area contributed by atoms with Gasteiger partial charge in [0.15, 0.2) is 5.13 Å². The maximum absolute atomic E-state index is 12.5. The maximum Gasteiger partial charge on any atom is 0.223 e. The van der Waals surface area contributed by atoms with E-state index in [4.69, 9.17) is 0 Å². The van der Waals surface area contributed by atoms with Crippen LogP contribution in [0.5, 0.6) is 0 Å². The topological polar surface area (TPSA) is 58.1 Å². The number of pyridine rings is 1. The zero-order valence-corrected chi connectivity index (χ0v) is 16.3. The van der Waals surface area contributed by atoms with E-state index in [0.717, 1.165) is 53.4 Å². The van der Waals surface area contributed by atoms with Gasteiger partial charge >= 0.3 is 0 Å². The van der Waals surface area contributed by atoms with E-state index in [-0.39, 0.29) is 11.8 Å². The molecule has 0 radical (unpaired) electrons. The number of hydrogen-bond donors (Lipinski definition) is 1. The minimum absolute atomic E-state index is 0.0867. The summed E-state index contributed by atoms with van der Waals surface area (Å²) in [5.41, 5.74) is 3.42. The number of aromatic nitrogens is 2. The first-order valence-corrected chi connectivity index (χ1v) is 10.4. The molecule has 1 fully saturated rings. The molecule has 140 valence electrons. The van der Waals surface area contributed by atoms with Crippen LogP contribution in [0.1, 0.15) is 30.9 Å². The van der Waals surface area contributed by atoms with Crippen LogP contribution in [-0.4, -0.2) is 29.0 Å². The molecule has 1 aliphatic rings. The number of carbonyl (C=O) groups is 1. The molecule has 0 bridgehead atoms. The number of nitrogens with one attached hydrogen (secondary N) is 1. The van der Waals surface area contributed by atoms with Gasteiger partial charge in [0.2, 0.25) is 5.91 Å². The Morgan fingerprint density at radius 2 is 1.93 bits per heavy atom. The molecule has 3 aromatic rings. The molecular formula is C21H24N4OS. The Bertz CT molecular complexity index is 880. The van der Waals surface area contributed by atoms with Crippen molar-refractivity contribution in [2.24, 2.45) is 5.92 Å². The van der Waals surface area contributed by atoms with Gasteiger partial charge in [-0.1, -0.05) is 42.5 Å². The molecule has 0 atom stereocenters. The van der Waals surface area contributed by atoms with Crippen molar-refractivity contribution < 1.29 is 4.79 Å². The SMILES string of the molecule is CCc1ccc(CNC(=O)C2CCN(c3nc4cccnc4s3)CC2)cc1. The lowest BCUT2D eigenvalue weighted by Crippen LogP contribution is -2.40. The van der Waals surface area contributed by atoms with Gasteiger partial charge in [0.05, 0.1) is 0 Å². The lowest BCUT2D eigenvalue weighted by Gasteiger charge is -2.31. The second-order valence-electron chi connectivity index (χ2n) is 6.97. The minimum atomic E-state index is 0.0867. The fourth-order valence-corrected chi connectivity index (χ4v) is 4.41. The van der Waals surface area contributed by atoms with Crippen molar-refractivity contribution in [3.05, 3.63) is 53.7 Å². The van der Waals surface area contributed by atoms with Crippen molar-refractivity contribution in [1.29, 1.82) is 0 Å². The average Bonchev–Trinajstić information content (AvgIpc) is 3.17. The van der Waals surface area contributed by atoms with E-state index in [1.807, 2.05) is 12.1 Å². The van der Waals surface area contributed by atoms with Gasteiger partial charge in [-0.25, -0.2) is 9.97 Å². The highest BCUT2D eigenvalue weighted by Gasteiger charge is 2.26. The van der Waals surface area contributed by atoms with E-state index in [0.29, 0.717) is 6.54 Å². The van der Waals surface area contributed by atoms with Gasteiger partial charge in [-0.05, 0) is 42.5 Å². The van der Waals surface area contributed by atoms with Crippen molar-refractivity contribution in [2.75, 3.05) is 18.0 Å². The summed E-state index contributed by atoms with van der Waals surface area (Å²) in [7, 11) is 0. The lowest BCUT2D eigenvalue weighted by molar-refractivity contribution is -0.125. The van der Waals surface area contributed by atoms with Crippen molar-refractivity contribution in [1.82, 2.24) is 15.3 Å². The van der Waals surface area contributed by atoms with Gasteiger partial charge in [-0.2, -0.15) is 0 Å². The molecule has 27 heavy (non-hydrogen) atoms. The van der Waals surface area contributed by atoms with Gasteiger partial charge < -0.3 is 10.2 Å². The summed E-state index contributed by atoms with van der Waals surface area (Å²) < 4.78 is 0. The third kappa shape index (κ3) is 4.11. The van der Waals surface area contributed by atoms with Gasteiger partial charge in [0.25, 0.3) is 0 Å². The Hall–Kier alpha value is -2.47. The summed E-state index contributed by atoms with van der Waals surface area (Å²) in [6, 6.07) is 12.4. The second-order valence-corrected chi connectivity index (χ2v) is 7.93. The second kappa shape index (κ2) is 8.05. The molecule has 5 nitrogen and oxygen atoms in total.